The fourth-order valence-electron chi connectivity index (χ4n) is 3.01. The van der Waals surface area contributed by atoms with Gasteiger partial charge in [-0.05, 0) is 23.8 Å². The lowest BCUT2D eigenvalue weighted by Gasteiger charge is -2.11. The number of ether oxygens (including phenoxy) is 1. The highest BCUT2D eigenvalue weighted by Crippen LogP contribution is 2.30. The Hall–Kier alpha value is -3.38. The number of benzene rings is 2. The third-order valence-corrected chi connectivity index (χ3v) is 4.38. The predicted octanol–water partition coefficient (Wildman–Crippen LogP) is 4.50. The van der Waals surface area contributed by atoms with Crippen LogP contribution in [0.15, 0.2) is 66.9 Å². The van der Waals surface area contributed by atoms with Gasteiger partial charge < -0.3 is 10.5 Å². The molecule has 0 amide bonds. The van der Waals surface area contributed by atoms with E-state index in [2.05, 4.69) is 15.1 Å². The van der Waals surface area contributed by atoms with Gasteiger partial charge in [-0.1, -0.05) is 48.0 Å². The van der Waals surface area contributed by atoms with Gasteiger partial charge in [-0.25, -0.2) is 9.97 Å². The Balaban J connectivity index is 1.69. The van der Waals surface area contributed by atoms with Crippen molar-refractivity contribution in [3.8, 4) is 22.9 Å². The van der Waals surface area contributed by atoms with E-state index >= 15 is 0 Å². The smallest absolute Gasteiger partial charge is 0.222 e. The Bertz CT molecular complexity index is 1090. The molecule has 2 heterocycles. The van der Waals surface area contributed by atoms with Crippen LogP contribution in [-0.4, -0.2) is 19.7 Å². The minimum absolute atomic E-state index is 0.118. The fourth-order valence-corrected chi connectivity index (χ4v) is 3.20. The Kier molecular flexibility index (Phi) is 4.95. The molecule has 2 aromatic heterocycles. The molecule has 0 spiro atoms. The van der Waals surface area contributed by atoms with Crippen LogP contribution in [0.25, 0.3) is 11.4 Å². The van der Waals surface area contributed by atoms with Crippen LogP contribution >= 0.6 is 11.6 Å². The van der Waals surface area contributed by atoms with Crippen LogP contribution in [0.4, 0.5) is 5.95 Å². The molecule has 2 aromatic carbocycles. The molecule has 0 aliphatic heterocycles. The SMILES string of the molecule is Cn1cc(Cc2ccccc2Oc2ccccc2)c(-c2cc(Cl)nc(N)n2)n1. The van der Waals surface area contributed by atoms with Gasteiger partial charge in [0.05, 0.1) is 5.69 Å². The van der Waals surface area contributed by atoms with Crippen LogP contribution in [0.5, 0.6) is 11.5 Å². The number of aryl methyl sites for hydroxylation is 1. The number of aromatic nitrogens is 4. The van der Waals surface area contributed by atoms with Crippen LogP contribution in [-0.2, 0) is 13.5 Å². The van der Waals surface area contributed by atoms with Crippen molar-refractivity contribution < 1.29 is 4.74 Å². The maximum atomic E-state index is 6.08. The summed E-state index contributed by atoms with van der Waals surface area (Å²) >= 11 is 6.05. The summed E-state index contributed by atoms with van der Waals surface area (Å²) in [4.78, 5) is 8.20. The van der Waals surface area contributed by atoms with Gasteiger partial charge in [0, 0.05) is 31.3 Å². The molecule has 0 atom stereocenters. The number of hydrogen-bond donors (Lipinski definition) is 1. The van der Waals surface area contributed by atoms with E-state index in [9.17, 15) is 0 Å². The zero-order chi connectivity index (χ0) is 19.5. The van der Waals surface area contributed by atoms with Gasteiger partial charge in [-0.3, -0.25) is 4.68 Å². The van der Waals surface area contributed by atoms with Crippen molar-refractivity contribution in [2.75, 3.05) is 5.73 Å². The second-order valence-electron chi connectivity index (χ2n) is 6.31. The third-order valence-electron chi connectivity index (χ3n) is 4.18. The van der Waals surface area contributed by atoms with E-state index in [1.807, 2.05) is 67.8 Å². The first-order valence-electron chi connectivity index (χ1n) is 8.72. The lowest BCUT2D eigenvalue weighted by molar-refractivity contribution is 0.477. The number of rotatable bonds is 5. The quantitative estimate of drug-likeness (QED) is 0.507. The molecule has 0 bridgehead atoms. The fraction of sp³-hybridized carbons (Fsp3) is 0.0952. The van der Waals surface area contributed by atoms with Crippen LogP contribution in [0, 0.1) is 0 Å². The Morgan fingerprint density at radius 1 is 1.00 bits per heavy atom. The summed E-state index contributed by atoms with van der Waals surface area (Å²) in [5.74, 6) is 1.70. The number of anilines is 1. The van der Waals surface area contributed by atoms with E-state index < -0.39 is 0 Å². The number of nitrogens with two attached hydrogens (primary N) is 1. The monoisotopic (exact) mass is 391 g/mol. The van der Waals surface area contributed by atoms with Gasteiger partial charge in [-0.2, -0.15) is 5.10 Å². The highest BCUT2D eigenvalue weighted by Gasteiger charge is 2.16. The molecule has 140 valence electrons. The van der Waals surface area contributed by atoms with Crippen LogP contribution in [0.2, 0.25) is 5.15 Å². The highest BCUT2D eigenvalue weighted by molar-refractivity contribution is 6.29. The Labute approximate surface area is 167 Å². The number of nitrogen functional groups attached to an aromatic ring is 1. The standard InChI is InChI=1S/C21H18ClN5O/c1-27-13-15(20(26-27)17-12-19(22)25-21(23)24-17)11-14-7-5-6-10-18(14)28-16-8-3-2-4-9-16/h2-10,12-13H,11H2,1H3,(H2,23,24,25). The van der Waals surface area contributed by atoms with Crippen molar-refractivity contribution in [3.05, 3.63) is 83.1 Å². The molecule has 0 fully saturated rings. The molecule has 4 aromatic rings. The second-order valence-corrected chi connectivity index (χ2v) is 6.70. The highest BCUT2D eigenvalue weighted by atomic mass is 35.5. The summed E-state index contributed by atoms with van der Waals surface area (Å²) in [5, 5.41) is 4.83. The van der Waals surface area contributed by atoms with Gasteiger partial charge in [0.2, 0.25) is 5.95 Å². The van der Waals surface area contributed by atoms with Crippen LogP contribution in [0.3, 0.4) is 0 Å². The molecule has 2 N–H and O–H groups in total. The van der Waals surface area contributed by atoms with Crippen molar-refractivity contribution in [2.24, 2.45) is 7.05 Å². The maximum Gasteiger partial charge on any atom is 0.222 e. The summed E-state index contributed by atoms with van der Waals surface area (Å²) in [6.45, 7) is 0. The average Bonchev–Trinajstić information content (AvgIpc) is 3.04. The van der Waals surface area contributed by atoms with Crippen molar-refractivity contribution in [1.82, 2.24) is 19.7 Å². The van der Waals surface area contributed by atoms with Gasteiger partial charge in [-0.15, -0.1) is 0 Å². The van der Waals surface area contributed by atoms with Crippen molar-refractivity contribution >= 4 is 17.5 Å². The van der Waals surface area contributed by atoms with Gasteiger partial charge in [0.15, 0.2) is 0 Å². The van der Waals surface area contributed by atoms with E-state index in [1.165, 1.54) is 0 Å². The molecule has 0 unspecified atom stereocenters. The number of halogens is 1. The van der Waals surface area contributed by atoms with E-state index in [1.54, 1.807) is 10.7 Å². The number of para-hydroxylation sites is 2. The Morgan fingerprint density at radius 3 is 2.54 bits per heavy atom. The first kappa shape index (κ1) is 18.0. The molecule has 28 heavy (non-hydrogen) atoms. The average molecular weight is 392 g/mol. The van der Waals surface area contributed by atoms with Gasteiger partial charge >= 0.3 is 0 Å². The summed E-state index contributed by atoms with van der Waals surface area (Å²) in [6, 6.07) is 19.3. The van der Waals surface area contributed by atoms with E-state index in [0.717, 1.165) is 22.6 Å². The van der Waals surface area contributed by atoms with E-state index in [4.69, 9.17) is 22.1 Å². The summed E-state index contributed by atoms with van der Waals surface area (Å²) in [7, 11) is 1.87. The predicted molar refractivity (Wildman–Crippen MR) is 109 cm³/mol. The lowest BCUT2D eigenvalue weighted by Crippen LogP contribution is -1.99. The zero-order valence-corrected chi connectivity index (χ0v) is 16.0. The van der Waals surface area contributed by atoms with E-state index in [-0.39, 0.29) is 11.1 Å². The maximum absolute atomic E-state index is 6.08. The molecular weight excluding hydrogens is 374 g/mol. The summed E-state index contributed by atoms with van der Waals surface area (Å²) in [6.07, 6.45) is 2.58. The summed E-state index contributed by atoms with van der Waals surface area (Å²) in [5.41, 5.74) is 9.09. The molecular formula is C21H18ClN5O. The first-order chi connectivity index (χ1) is 13.6. The second kappa shape index (κ2) is 7.70. The molecule has 6 nitrogen and oxygen atoms in total. The molecule has 7 heteroatoms. The van der Waals surface area contributed by atoms with Crippen molar-refractivity contribution in [2.45, 2.75) is 6.42 Å². The third kappa shape index (κ3) is 3.97. The van der Waals surface area contributed by atoms with Gasteiger partial charge in [0.1, 0.15) is 22.3 Å². The van der Waals surface area contributed by atoms with Gasteiger partial charge in [0.25, 0.3) is 0 Å². The molecule has 4 rings (SSSR count). The van der Waals surface area contributed by atoms with Crippen LogP contribution < -0.4 is 10.5 Å². The minimum atomic E-state index is 0.118. The van der Waals surface area contributed by atoms with Crippen molar-refractivity contribution in [1.29, 1.82) is 0 Å². The molecule has 0 saturated carbocycles. The molecule has 0 saturated heterocycles. The first-order valence-corrected chi connectivity index (χ1v) is 9.10. The van der Waals surface area contributed by atoms with Crippen LogP contribution in [0.1, 0.15) is 11.1 Å². The molecule has 0 aliphatic carbocycles. The zero-order valence-electron chi connectivity index (χ0n) is 15.2. The largest absolute Gasteiger partial charge is 0.457 e. The van der Waals surface area contributed by atoms with E-state index in [0.29, 0.717) is 17.8 Å². The van der Waals surface area contributed by atoms with Crippen molar-refractivity contribution in [3.63, 3.8) is 0 Å². The summed E-state index contributed by atoms with van der Waals surface area (Å²) < 4.78 is 7.83. The number of hydrogen-bond acceptors (Lipinski definition) is 5. The number of nitrogens with zero attached hydrogens (tertiary/aromatic N) is 4. The topological polar surface area (TPSA) is 78.9 Å². The molecule has 0 aliphatic rings. The molecule has 0 radical (unpaired) electrons. The Morgan fingerprint density at radius 2 is 1.75 bits per heavy atom. The lowest BCUT2D eigenvalue weighted by atomic mass is 10.0. The minimum Gasteiger partial charge on any atom is -0.457 e. The normalized spacial score (nSPS) is 10.8.